The molecule has 2 aromatic carbocycles. The summed E-state index contributed by atoms with van der Waals surface area (Å²) in [6.07, 6.45) is 9.61. The van der Waals surface area contributed by atoms with Gasteiger partial charge in [-0.3, -0.25) is 9.59 Å². The molecule has 0 spiro atoms. The van der Waals surface area contributed by atoms with Gasteiger partial charge >= 0.3 is 0 Å². The molecule has 1 N–H and O–H groups in total. The minimum Gasteiger partial charge on any atom is -0.496 e. The number of H-pyrrole nitrogens is 1. The predicted octanol–water partition coefficient (Wildman–Crippen LogP) is 6.35. The van der Waals surface area contributed by atoms with E-state index in [-0.39, 0.29) is 18.4 Å². The highest BCUT2D eigenvalue weighted by atomic mass is 16.5. The van der Waals surface area contributed by atoms with Crippen LogP contribution in [0.3, 0.4) is 0 Å². The Balaban J connectivity index is 1.72. The molecule has 0 unspecified atom stereocenters. The second-order valence-corrected chi connectivity index (χ2v) is 9.72. The maximum atomic E-state index is 13.7. The number of nitrogens with one attached hydrogen (secondary N) is 1. The molecule has 0 atom stereocenters. The lowest BCUT2D eigenvalue weighted by molar-refractivity contribution is -0.141. The van der Waals surface area contributed by atoms with E-state index in [1.54, 1.807) is 12.0 Å². The summed E-state index contributed by atoms with van der Waals surface area (Å²) in [7, 11) is 1.65. The summed E-state index contributed by atoms with van der Waals surface area (Å²) < 4.78 is 5.56. The van der Waals surface area contributed by atoms with Crippen LogP contribution in [-0.2, 0) is 22.6 Å². The van der Waals surface area contributed by atoms with E-state index in [4.69, 9.17) is 4.74 Å². The van der Waals surface area contributed by atoms with Gasteiger partial charge in [0.05, 0.1) is 13.7 Å². The smallest absolute Gasteiger partial charge is 0.242 e. The molecule has 3 rings (SSSR count). The van der Waals surface area contributed by atoms with Gasteiger partial charge in [-0.15, -0.1) is 0 Å². The molecular formula is C31H43N3O3. The summed E-state index contributed by atoms with van der Waals surface area (Å²) in [6, 6.07) is 16.0. The number of unbranched alkanes of at least 4 members (excludes halogenated alkanes) is 4. The standard InChI is InChI=1S/C31H43N3O3/c1-4-6-7-8-9-18-30(35)33(20-5-2)24-31(36)34(23-26-14-10-13-17-29(26)37-3)21-19-25-22-32-28-16-12-11-15-27(25)28/h10-17,22,32H,4-9,18-21,23-24H2,1-3H3. The van der Waals surface area contributed by atoms with Crippen LogP contribution in [-0.4, -0.2) is 53.3 Å². The van der Waals surface area contributed by atoms with E-state index in [9.17, 15) is 9.59 Å². The van der Waals surface area contributed by atoms with Crippen molar-refractivity contribution in [3.05, 3.63) is 65.9 Å². The molecule has 0 aliphatic carbocycles. The number of nitrogens with zero attached hydrogens (tertiary/aromatic N) is 2. The van der Waals surface area contributed by atoms with Crippen LogP contribution in [0.15, 0.2) is 54.7 Å². The minimum atomic E-state index is -0.0291. The van der Waals surface area contributed by atoms with Crippen molar-refractivity contribution in [1.29, 1.82) is 0 Å². The molecule has 6 heteroatoms. The second-order valence-electron chi connectivity index (χ2n) is 9.72. The number of carbonyl (C=O) groups is 2. The van der Waals surface area contributed by atoms with Crippen LogP contribution in [0.1, 0.15) is 69.9 Å². The lowest BCUT2D eigenvalue weighted by Gasteiger charge is -2.28. The van der Waals surface area contributed by atoms with E-state index in [0.29, 0.717) is 26.1 Å². The Morgan fingerprint density at radius 2 is 1.57 bits per heavy atom. The number of aromatic amines is 1. The zero-order valence-electron chi connectivity index (χ0n) is 22.8. The Morgan fingerprint density at radius 3 is 2.35 bits per heavy atom. The molecule has 2 amide bonds. The van der Waals surface area contributed by atoms with Gasteiger partial charge in [-0.1, -0.05) is 75.9 Å². The normalized spacial score (nSPS) is 11.0. The van der Waals surface area contributed by atoms with Crippen LogP contribution in [0.5, 0.6) is 5.75 Å². The zero-order chi connectivity index (χ0) is 26.5. The molecule has 6 nitrogen and oxygen atoms in total. The first-order valence-electron chi connectivity index (χ1n) is 13.8. The van der Waals surface area contributed by atoms with Crippen molar-refractivity contribution in [3.63, 3.8) is 0 Å². The topological polar surface area (TPSA) is 65.6 Å². The van der Waals surface area contributed by atoms with Gasteiger partial charge < -0.3 is 19.5 Å². The monoisotopic (exact) mass is 505 g/mol. The number of fused-ring (bicyclic) bond motifs is 1. The van der Waals surface area contributed by atoms with Gasteiger partial charge in [-0.05, 0) is 37.0 Å². The van der Waals surface area contributed by atoms with Crippen LogP contribution in [0, 0.1) is 0 Å². The molecule has 0 fully saturated rings. The first-order valence-corrected chi connectivity index (χ1v) is 13.8. The Bertz CT molecular complexity index is 1120. The van der Waals surface area contributed by atoms with E-state index in [1.807, 2.05) is 47.5 Å². The van der Waals surface area contributed by atoms with Crippen molar-refractivity contribution in [2.45, 2.75) is 71.8 Å². The fourth-order valence-electron chi connectivity index (χ4n) is 4.79. The van der Waals surface area contributed by atoms with Crippen molar-refractivity contribution in [2.75, 3.05) is 26.7 Å². The molecule has 200 valence electrons. The molecule has 1 heterocycles. The summed E-state index contributed by atoms with van der Waals surface area (Å²) in [4.78, 5) is 33.6. The molecule has 0 aliphatic rings. The van der Waals surface area contributed by atoms with Gasteiger partial charge in [-0.2, -0.15) is 0 Å². The third kappa shape index (κ3) is 8.38. The number of hydrogen-bond donors (Lipinski definition) is 1. The Morgan fingerprint density at radius 1 is 0.811 bits per heavy atom. The fraction of sp³-hybridized carbons (Fsp3) is 0.484. The average Bonchev–Trinajstić information content (AvgIpc) is 3.33. The van der Waals surface area contributed by atoms with Crippen LogP contribution in [0.25, 0.3) is 10.9 Å². The van der Waals surface area contributed by atoms with Crippen molar-refractivity contribution < 1.29 is 14.3 Å². The van der Waals surface area contributed by atoms with Crippen LogP contribution in [0.4, 0.5) is 0 Å². The van der Waals surface area contributed by atoms with E-state index >= 15 is 0 Å². The molecule has 3 aromatic rings. The third-order valence-corrected chi connectivity index (χ3v) is 6.90. The fourth-order valence-corrected chi connectivity index (χ4v) is 4.79. The molecule has 37 heavy (non-hydrogen) atoms. The van der Waals surface area contributed by atoms with Crippen molar-refractivity contribution in [2.24, 2.45) is 0 Å². The predicted molar refractivity (Wildman–Crippen MR) is 151 cm³/mol. The molecule has 1 aromatic heterocycles. The highest BCUT2D eigenvalue weighted by Crippen LogP contribution is 2.22. The number of hydrogen-bond acceptors (Lipinski definition) is 3. The first-order chi connectivity index (χ1) is 18.1. The number of ether oxygens (including phenoxy) is 1. The Hall–Kier alpha value is -3.28. The molecular weight excluding hydrogens is 462 g/mol. The highest BCUT2D eigenvalue weighted by molar-refractivity contribution is 5.85. The van der Waals surface area contributed by atoms with Gasteiger partial charge in [0.2, 0.25) is 11.8 Å². The molecule has 0 aliphatic heterocycles. The van der Waals surface area contributed by atoms with E-state index in [0.717, 1.165) is 48.9 Å². The van der Waals surface area contributed by atoms with Gasteiger partial charge in [0, 0.05) is 48.7 Å². The van der Waals surface area contributed by atoms with Gasteiger partial charge in [0.15, 0.2) is 0 Å². The Labute approximate surface area is 222 Å². The summed E-state index contributed by atoms with van der Waals surface area (Å²) in [5.41, 5.74) is 3.24. The van der Waals surface area contributed by atoms with E-state index in [2.05, 4.69) is 31.0 Å². The lowest BCUT2D eigenvalue weighted by Crippen LogP contribution is -2.43. The van der Waals surface area contributed by atoms with E-state index in [1.165, 1.54) is 23.8 Å². The largest absolute Gasteiger partial charge is 0.496 e. The van der Waals surface area contributed by atoms with Crippen molar-refractivity contribution in [1.82, 2.24) is 14.8 Å². The lowest BCUT2D eigenvalue weighted by atomic mass is 10.1. The Kier molecular flexibility index (Phi) is 11.5. The van der Waals surface area contributed by atoms with Crippen LogP contribution < -0.4 is 4.74 Å². The number of amides is 2. The van der Waals surface area contributed by atoms with Crippen molar-refractivity contribution in [3.8, 4) is 5.75 Å². The van der Waals surface area contributed by atoms with Gasteiger partial charge in [0.25, 0.3) is 0 Å². The number of aromatic nitrogens is 1. The first kappa shape index (κ1) is 28.3. The van der Waals surface area contributed by atoms with Crippen LogP contribution in [0.2, 0.25) is 0 Å². The summed E-state index contributed by atoms with van der Waals surface area (Å²) in [6.45, 7) is 5.96. The number of benzene rings is 2. The number of rotatable bonds is 16. The van der Waals surface area contributed by atoms with Gasteiger partial charge in [0.1, 0.15) is 5.75 Å². The number of methoxy groups -OCH3 is 1. The highest BCUT2D eigenvalue weighted by Gasteiger charge is 2.22. The minimum absolute atomic E-state index is 0.0291. The number of para-hydroxylation sites is 2. The SMILES string of the molecule is CCCCCCCC(=O)N(CCC)CC(=O)N(CCc1c[nH]c2ccccc12)Cc1ccccc1OC. The quantitative estimate of drug-likeness (QED) is 0.231. The van der Waals surface area contributed by atoms with E-state index < -0.39 is 0 Å². The van der Waals surface area contributed by atoms with Gasteiger partial charge in [-0.25, -0.2) is 0 Å². The zero-order valence-corrected chi connectivity index (χ0v) is 22.8. The average molecular weight is 506 g/mol. The second kappa shape index (κ2) is 15.1. The molecule has 0 bridgehead atoms. The van der Waals surface area contributed by atoms with Crippen molar-refractivity contribution >= 4 is 22.7 Å². The molecule has 0 saturated heterocycles. The molecule has 0 radical (unpaired) electrons. The third-order valence-electron chi connectivity index (χ3n) is 6.90. The maximum absolute atomic E-state index is 13.7. The van der Waals surface area contributed by atoms with Crippen LogP contribution >= 0.6 is 0 Å². The summed E-state index contributed by atoms with van der Waals surface area (Å²) in [5, 5.41) is 1.18. The summed E-state index contributed by atoms with van der Waals surface area (Å²) in [5.74, 6) is 0.820. The summed E-state index contributed by atoms with van der Waals surface area (Å²) >= 11 is 0. The maximum Gasteiger partial charge on any atom is 0.242 e. The number of carbonyl (C=O) groups excluding carboxylic acids is 2. The molecule has 0 saturated carbocycles.